The van der Waals surface area contributed by atoms with Gasteiger partial charge in [0.05, 0.1) is 24.9 Å². The maximum Gasteiger partial charge on any atom is 0.192 e. The summed E-state index contributed by atoms with van der Waals surface area (Å²) in [5, 5.41) is 6.77. The highest BCUT2D eigenvalue weighted by Crippen LogP contribution is 2.18. The average Bonchev–Trinajstić information content (AvgIpc) is 2.66. The first-order valence-corrected chi connectivity index (χ1v) is 9.67. The number of nitrogens with one attached hydrogen (secondary N) is 2. The summed E-state index contributed by atoms with van der Waals surface area (Å²) in [6.07, 6.45) is 1.81. The molecule has 5 nitrogen and oxygen atoms in total. The predicted molar refractivity (Wildman–Crippen MR) is 112 cm³/mol. The van der Waals surface area contributed by atoms with Crippen LogP contribution in [0.1, 0.15) is 50.6 Å². The van der Waals surface area contributed by atoms with Crippen molar-refractivity contribution in [1.29, 1.82) is 0 Å². The van der Waals surface area contributed by atoms with Crippen LogP contribution in [0, 0.1) is 12.8 Å². The van der Waals surface area contributed by atoms with Crippen LogP contribution in [0.2, 0.25) is 0 Å². The fraction of sp³-hybridized carbons (Fsp3) is 0.455. The highest BCUT2D eigenvalue weighted by atomic mass is 16.5. The Hall–Kier alpha value is -2.56. The highest BCUT2D eigenvalue weighted by Gasteiger charge is 2.09. The summed E-state index contributed by atoms with van der Waals surface area (Å²) in [7, 11) is 0. The van der Waals surface area contributed by atoms with Crippen LogP contribution in [0.3, 0.4) is 0 Å². The van der Waals surface area contributed by atoms with E-state index in [9.17, 15) is 0 Å². The largest absolute Gasteiger partial charge is 0.493 e. The second-order valence-electron chi connectivity index (χ2n) is 7.10. The van der Waals surface area contributed by atoms with Crippen molar-refractivity contribution in [2.24, 2.45) is 10.9 Å². The van der Waals surface area contributed by atoms with Crippen LogP contribution < -0.4 is 15.4 Å². The number of benzene rings is 1. The number of aryl methyl sites for hydroxylation is 1. The Kier molecular flexibility index (Phi) is 8.11. The van der Waals surface area contributed by atoms with Crippen molar-refractivity contribution < 1.29 is 4.74 Å². The average molecular weight is 369 g/mol. The number of guanidine groups is 1. The van der Waals surface area contributed by atoms with Crippen molar-refractivity contribution >= 4 is 5.96 Å². The van der Waals surface area contributed by atoms with E-state index in [4.69, 9.17) is 4.74 Å². The number of hydrogen-bond donors (Lipinski definition) is 2. The Balaban J connectivity index is 2.00. The van der Waals surface area contributed by atoms with Gasteiger partial charge in [0, 0.05) is 12.7 Å². The highest BCUT2D eigenvalue weighted by molar-refractivity contribution is 5.80. The van der Waals surface area contributed by atoms with E-state index in [1.807, 2.05) is 24.4 Å². The van der Waals surface area contributed by atoms with Crippen LogP contribution in [0.4, 0.5) is 0 Å². The zero-order valence-electron chi connectivity index (χ0n) is 17.1. The van der Waals surface area contributed by atoms with E-state index in [1.54, 1.807) is 0 Å². The molecule has 0 aliphatic heterocycles. The molecule has 1 atom stereocenters. The molecule has 1 unspecified atom stereocenters. The molecule has 5 heteroatoms. The second kappa shape index (κ2) is 10.6. The molecule has 1 aromatic carbocycles. The van der Waals surface area contributed by atoms with Crippen LogP contribution in [0.5, 0.6) is 5.75 Å². The summed E-state index contributed by atoms with van der Waals surface area (Å²) in [6, 6.07) is 12.4. The molecule has 0 aliphatic carbocycles. The predicted octanol–water partition coefficient (Wildman–Crippen LogP) is 4.24. The summed E-state index contributed by atoms with van der Waals surface area (Å²) in [4.78, 5) is 9.09. The lowest BCUT2D eigenvalue weighted by Crippen LogP contribution is -2.38. The smallest absolute Gasteiger partial charge is 0.192 e. The van der Waals surface area contributed by atoms with Crippen LogP contribution in [0.25, 0.3) is 0 Å². The molecule has 0 saturated heterocycles. The molecule has 0 radical (unpaired) electrons. The zero-order chi connectivity index (χ0) is 19.6. The lowest BCUT2D eigenvalue weighted by molar-refractivity contribution is 0.271. The van der Waals surface area contributed by atoms with Gasteiger partial charge in [-0.2, -0.15) is 0 Å². The zero-order valence-corrected chi connectivity index (χ0v) is 17.1. The first-order valence-electron chi connectivity index (χ1n) is 9.67. The third-order valence-corrected chi connectivity index (χ3v) is 4.17. The molecule has 0 spiro atoms. The van der Waals surface area contributed by atoms with Gasteiger partial charge in [-0.05, 0) is 56.0 Å². The summed E-state index contributed by atoms with van der Waals surface area (Å²) in [5.74, 6) is 2.22. The third kappa shape index (κ3) is 6.93. The Bertz CT molecular complexity index is 725. The Morgan fingerprint density at radius 1 is 1.15 bits per heavy atom. The van der Waals surface area contributed by atoms with Crippen LogP contribution in [0.15, 0.2) is 47.6 Å². The molecule has 1 heterocycles. The van der Waals surface area contributed by atoms with Gasteiger partial charge in [-0.3, -0.25) is 4.98 Å². The van der Waals surface area contributed by atoms with Gasteiger partial charge >= 0.3 is 0 Å². The quantitative estimate of drug-likeness (QED) is 0.540. The minimum atomic E-state index is 0.131. The molecule has 27 heavy (non-hydrogen) atoms. The maximum atomic E-state index is 5.76. The second-order valence-corrected chi connectivity index (χ2v) is 7.10. The van der Waals surface area contributed by atoms with Crippen molar-refractivity contribution in [3.8, 4) is 5.75 Å². The van der Waals surface area contributed by atoms with Crippen molar-refractivity contribution in [3.63, 3.8) is 0 Å². The van der Waals surface area contributed by atoms with E-state index in [-0.39, 0.29) is 6.04 Å². The van der Waals surface area contributed by atoms with Gasteiger partial charge in [0.2, 0.25) is 0 Å². The van der Waals surface area contributed by atoms with Gasteiger partial charge in [0.25, 0.3) is 0 Å². The molecular weight excluding hydrogens is 336 g/mol. The van der Waals surface area contributed by atoms with Crippen molar-refractivity contribution in [2.45, 2.75) is 47.2 Å². The topological polar surface area (TPSA) is 58.5 Å². The maximum absolute atomic E-state index is 5.76. The molecule has 0 bridgehead atoms. The fourth-order valence-corrected chi connectivity index (χ4v) is 2.56. The third-order valence-electron chi connectivity index (χ3n) is 4.17. The van der Waals surface area contributed by atoms with E-state index in [0.717, 1.165) is 36.1 Å². The number of aliphatic imine (C=N–C) groups is 1. The SMILES string of the molecule is CCNC(=NCc1ncccc1C)NC(C)c1ccc(OCC(C)C)cc1. The molecule has 2 N–H and O–H groups in total. The number of pyridine rings is 1. The molecule has 0 fully saturated rings. The lowest BCUT2D eigenvalue weighted by Gasteiger charge is -2.19. The summed E-state index contributed by atoms with van der Waals surface area (Å²) in [6.45, 7) is 12.6. The number of rotatable bonds is 8. The standard InChI is InChI=1S/C22H32N4O/c1-6-23-22(25-14-21-17(4)8-7-13-24-21)26-18(5)19-9-11-20(12-10-19)27-15-16(2)3/h7-13,16,18H,6,14-15H2,1-5H3,(H2,23,25,26). The summed E-state index contributed by atoms with van der Waals surface area (Å²) >= 11 is 0. The summed E-state index contributed by atoms with van der Waals surface area (Å²) in [5.41, 5.74) is 3.34. The number of aromatic nitrogens is 1. The van der Waals surface area contributed by atoms with Crippen LogP contribution >= 0.6 is 0 Å². The molecule has 0 aliphatic rings. The minimum Gasteiger partial charge on any atom is -0.493 e. The van der Waals surface area contributed by atoms with E-state index in [2.05, 4.69) is 73.4 Å². The molecule has 0 saturated carbocycles. The van der Waals surface area contributed by atoms with Gasteiger partial charge in [-0.25, -0.2) is 4.99 Å². The Morgan fingerprint density at radius 2 is 1.89 bits per heavy atom. The van der Waals surface area contributed by atoms with E-state index in [1.165, 1.54) is 5.56 Å². The molecule has 2 aromatic rings. The van der Waals surface area contributed by atoms with Gasteiger partial charge < -0.3 is 15.4 Å². The minimum absolute atomic E-state index is 0.131. The van der Waals surface area contributed by atoms with Crippen molar-refractivity contribution in [1.82, 2.24) is 15.6 Å². The van der Waals surface area contributed by atoms with Crippen molar-refractivity contribution in [3.05, 3.63) is 59.4 Å². The van der Waals surface area contributed by atoms with E-state index in [0.29, 0.717) is 12.5 Å². The fourth-order valence-electron chi connectivity index (χ4n) is 2.56. The summed E-state index contributed by atoms with van der Waals surface area (Å²) < 4.78 is 5.76. The van der Waals surface area contributed by atoms with Gasteiger partial charge in [-0.1, -0.05) is 32.0 Å². The first kappa shape index (κ1) is 20.7. The number of hydrogen-bond acceptors (Lipinski definition) is 3. The molecule has 0 amide bonds. The van der Waals surface area contributed by atoms with Gasteiger partial charge in [0.1, 0.15) is 5.75 Å². The first-order chi connectivity index (χ1) is 13.0. The molecular formula is C22H32N4O. The Morgan fingerprint density at radius 3 is 2.52 bits per heavy atom. The van der Waals surface area contributed by atoms with Crippen LogP contribution in [-0.4, -0.2) is 24.1 Å². The van der Waals surface area contributed by atoms with Gasteiger partial charge in [0.15, 0.2) is 5.96 Å². The molecule has 1 aromatic heterocycles. The lowest BCUT2D eigenvalue weighted by atomic mass is 10.1. The van der Waals surface area contributed by atoms with Gasteiger partial charge in [-0.15, -0.1) is 0 Å². The Labute approximate surface area is 163 Å². The molecule has 2 rings (SSSR count). The van der Waals surface area contributed by atoms with E-state index >= 15 is 0 Å². The molecule has 146 valence electrons. The number of ether oxygens (including phenoxy) is 1. The van der Waals surface area contributed by atoms with Crippen molar-refractivity contribution in [2.75, 3.05) is 13.2 Å². The monoisotopic (exact) mass is 368 g/mol. The van der Waals surface area contributed by atoms with Crippen LogP contribution in [-0.2, 0) is 6.54 Å². The normalized spacial score (nSPS) is 12.7. The number of nitrogens with zero attached hydrogens (tertiary/aromatic N) is 2. The van der Waals surface area contributed by atoms with E-state index < -0.39 is 0 Å².